The van der Waals surface area contributed by atoms with Crippen LogP contribution in [0.4, 0.5) is 5.69 Å². The molecule has 1 fully saturated rings. The Morgan fingerprint density at radius 1 is 1.17 bits per heavy atom. The van der Waals surface area contributed by atoms with Gasteiger partial charge < -0.3 is 10.2 Å². The summed E-state index contributed by atoms with van der Waals surface area (Å²) in [5.74, 6) is 0.207. The lowest BCUT2D eigenvalue weighted by atomic mass is 10.0. The molecule has 1 aromatic carbocycles. The molecule has 2 rings (SSSR count). The van der Waals surface area contributed by atoms with E-state index in [4.69, 9.17) is 0 Å². The molecule has 1 amide bonds. The molecule has 1 saturated heterocycles. The Morgan fingerprint density at radius 2 is 1.78 bits per heavy atom. The van der Waals surface area contributed by atoms with Crippen molar-refractivity contribution in [1.82, 2.24) is 5.32 Å². The van der Waals surface area contributed by atoms with Gasteiger partial charge in [0.2, 0.25) is 5.91 Å². The van der Waals surface area contributed by atoms with Crippen LogP contribution in [0.5, 0.6) is 0 Å². The molecule has 0 bridgehead atoms. The highest BCUT2D eigenvalue weighted by atomic mass is 16.2. The van der Waals surface area contributed by atoms with Crippen LogP contribution in [-0.2, 0) is 4.79 Å². The highest BCUT2D eigenvalue weighted by Gasteiger charge is 2.29. The minimum atomic E-state index is -0.0379. The second-order valence-corrected chi connectivity index (χ2v) is 5.89. The molecule has 1 aliphatic rings. The topological polar surface area (TPSA) is 32.3 Å². The molecule has 18 heavy (non-hydrogen) atoms. The molecule has 0 radical (unpaired) electrons. The summed E-state index contributed by atoms with van der Waals surface area (Å²) in [5.41, 5.74) is 3.39. The maximum Gasteiger partial charge on any atom is 0.228 e. The van der Waals surface area contributed by atoms with E-state index < -0.39 is 0 Å². The van der Waals surface area contributed by atoms with Gasteiger partial charge in [-0.25, -0.2) is 0 Å². The predicted molar refractivity (Wildman–Crippen MR) is 75.0 cm³/mol. The molecule has 98 valence electrons. The number of hydrogen-bond acceptors (Lipinski definition) is 2. The molecule has 0 aromatic heterocycles. The first kappa shape index (κ1) is 13.1. The SMILES string of the molecule is Cc1cc(C)cc(N2CC(C)(C)NCCC2=O)c1. The maximum absolute atomic E-state index is 12.2. The van der Waals surface area contributed by atoms with E-state index in [0.717, 1.165) is 12.2 Å². The summed E-state index contributed by atoms with van der Waals surface area (Å²) in [6.45, 7) is 9.90. The van der Waals surface area contributed by atoms with Crippen molar-refractivity contribution in [3.05, 3.63) is 29.3 Å². The maximum atomic E-state index is 12.2. The number of rotatable bonds is 1. The average molecular weight is 246 g/mol. The summed E-state index contributed by atoms with van der Waals surface area (Å²) in [4.78, 5) is 14.1. The number of benzene rings is 1. The van der Waals surface area contributed by atoms with Crippen LogP contribution in [0.25, 0.3) is 0 Å². The monoisotopic (exact) mass is 246 g/mol. The number of aryl methyl sites for hydroxylation is 2. The number of carbonyl (C=O) groups excluding carboxylic acids is 1. The first-order chi connectivity index (χ1) is 8.37. The zero-order chi connectivity index (χ0) is 13.3. The van der Waals surface area contributed by atoms with Crippen molar-refractivity contribution in [3.8, 4) is 0 Å². The molecule has 3 nitrogen and oxygen atoms in total. The number of nitrogens with zero attached hydrogens (tertiary/aromatic N) is 1. The Bertz CT molecular complexity index is 445. The van der Waals surface area contributed by atoms with E-state index in [9.17, 15) is 4.79 Å². The van der Waals surface area contributed by atoms with Crippen molar-refractivity contribution in [3.63, 3.8) is 0 Å². The van der Waals surface area contributed by atoms with Crippen molar-refractivity contribution < 1.29 is 4.79 Å². The Labute approximate surface area is 109 Å². The van der Waals surface area contributed by atoms with Crippen LogP contribution in [0.15, 0.2) is 18.2 Å². The summed E-state index contributed by atoms with van der Waals surface area (Å²) in [6, 6.07) is 6.31. The molecule has 1 aromatic rings. The zero-order valence-corrected chi connectivity index (χ0v) is 11.7. The Morgan fingerprint density at radius 3 is 2.39 bits per heavy atom. The number of hydrogen-bond donors (Lipinski definition) is 1. The lowest BCUT2D eigenvalue weighted by molar-refractivity contribution is -0.118. The normalized spacial score (nSPS) is 19.8. The van der Waals surface area contributed by atoms with Gasteiger partial charge in [0.25, 0.3) is 0 Å². The third-order valence-electron chi connectivity index (χ3n) is 3.31. The van der Waals surface area contributed by atoms with E-state index in [1.807, 2.05) is 4.90 Å². The van der Waals surface area contributed by atoms with E-state index in [1.54, 1.807) is 0 Å². The van der Waals surface area contributed by atoms with Crippen LogP contribution < -0.4 is 10.2 Å². The van der Waals surface area contributed by atoms with Crippen LogP contribution in [0.3, 0.4) is 0 Å². The average Bonchev–Trinajstić information content (AvgIpc) is 2.36. The van der Waals surface area contributed by atoms with Crippen LogP contribution in [0, 0.1) is 13.8 Å². The Hall–Kier alpha value is -1.35. The third-order valence-corrected chi connectivity index (χ3v) is 3.31. The van der Waals surface area contributed by atoms with Crippen molar-refractivity contribution in [2.45, 2.75) is 39.7 Å². The minimum Gasteiger partial charge on any atom is -0.311 e. The minimum absolute atomic E-state index is 0.0379. The second kappa shape index (κ2) is 4.73. The van der Waals surface area contributed by atoms with E-state index >= 15 is 0 Å². The first-order valence-electron chi connectivity index (χ1n) is 6.51. The number of nitrogens with one attached hydrogen (secondary N) is 1. The van der Waals surface area contributed by atoms with Gasteiger partial charge in [0.05, 0.1) is 0 Å². The van der Waals surface area contributed by atoms with Gasteiger partial charge in [0, 0.05) is 30.7 Å². The van der Waals surface area contributed by atoms with E-state index in [-0.39, 0.29) is 11.4 Å². The summed E-state index contributed by atoms with van der Waals surface area (Å²) >= 11 is 0. The Kier molecular flexibility index (Phi) is 3.44. The number of carbonyl (C=O) groups is 1. The van der Waals surface area contributed by atoms with E-state index in [1.165, 1.54) is 11.1 Å². The molecule has 0 aliphatic carbocycles. The molecule has 3 heteroatoms. The largest absolute Gasteiger partial charge is 0.311 e. The number of amides is 1. The fourth-order valence-electron chi connectivity index (χ4n) is 2.52. The molecule has 1 N–H and O–H groups in total. The van der Waals surface area contributed by atoms with Gasteiger partial charge >= 0.3 is 0 Å². The molecule has 1 heterocycles. The van der Waals surface area contributed by atoms with Gasteiger partial charge in [-0.15, -0.1) is 0 Å². The molecular formula is C15H22N2O. The summed E-state index contributed by atoms with van der Waals surface area (Å²) in [5, 5.41) is 3.42. The first-order valence-corrected chi connectivity index (χ1v) is 6.51. The fourth-order valence-corrected chi connectivity index (χ4v) is 2.52. The van der Waals surface area contributed by atoms with Gasteiger partial charge in [0.15, 0.2) is 0 Å². The summed E-state index contributed by atoms with van der Waals surface area (Å²) < 4.78 is 0. The molecule has 0 atom stereocenters. The van der Waals surface area contributed by atoms with Crippen molar-refractivity contribution in [2.75, 3.05) is 18.0 Å². The van der Waals surface area contributed by atoms with Gasteiger partial charge in [-0.3, -0.25) is 4.79 Å². The van der Waals surface area contributed by atoms with Gasteiger partial charge in [0.1, 0.15) is 0 Å². The van der Waals surface area contributed by atoms with Crippen LogP contribution >= 0.6 is 0 Å². The smallest absolute Gasteiger partial charge is 0.228 e. The van der Waals surface area contributed by atoms with Crippen LogP contribution in [0.1, 0.15) is 31.4 Å². The fraction of sp³-hybridized carbons (Fsp3) is 0.533. The van der Waals surface area contributed by atoms with E-state index in [0.29, 0.717) is 13.0 Å². The standard InChI is InChI=1S/C15H22N2O/c1-11-7-12(2)9-13(8-11)17-10-15(3,4)16-6-5-14(17)18/h7-9,16H,5-6,10H2,1-4H3. The Balaban J connectivity index is 2.36. The molecule has 0 saturated carbocycles. The highest BCUT2D eigenvalue weighted by Crippen LogP contribution is 2.23. The molecule has 1 aliphatic heterocycles. The van der Waals surface area contributed by atoms with E-state index in [2.05, 4.69) is 51.2 Å². The van der Waals surface area contributed by atoms with Crippen molar-refractivity contribution in [2.24, 2.45) is 0 Å². The lowest BCUT2D eigenvalue weighted by Gasteiger charge is -2.30. The van der Waals surface area contributed by atoms with Crippen molar-refractivity contribution >= 4 is 11.6 Å². The van der Waals surface area contributed by atoms with Crippen LogP contribution in [0.2, 0.25) is 0 Å². The molecular weight excluding hydrogens is 224 g/mol. The molecule has 0 unspecified atom stereocenters. The summed E-state index contributed by atoms with van der Waals surface area (Å²) in [7, 11) is 0. The van der Waals surface area contributed by atoms with Gasteiger partial charge in [-0.2, -0.15) is 0 Å². The predicted octanol–water partition coefficient (Wildman–Crippen LogP) is 2.41. The second-order valence-electron chi connectivity index (χ2n) is 5.89. The van der Waals surface area contributed by atoms with Gasteiger partial charge in [-0.1, -0.05) is 6.07 Å². The summed E-state index contributed by atoms with van der Waals surface area (Å²) in [6.07, 6.45) is 0.566. The van der Waals surface area contributed by atoms with Crippen LogP contribution in [-0.4, -0.2) is 24.5 Å². The van der Waals surface area contributed by atoms with Gasteiger partial charge in [-0.05, 0) is 51.0 Å². The van der Waals surface area contributed by atoms with Crippen molar-refractivity contribution in [1.29, 1.82) is 0 Å². The third kappa shape index (κ3) is 2.91. The zero-order valence-electron chi connectivity index (χ0n) is 11.7. The highest BCUT2D eigenvalue weighted by molar-refractivity contribution is 5.94. The lowest BCUT2D eigenvalue weighted by Crippen LogP contribution is -2.47. The molecule has 0 spiro atoms. The number of anilines is 1. The quantitative estimate of drug-likeness (QED) is 0.825.